The van der Waals surface area contributed by atoms with Crippen LogP contribution in [0.3, 0.4) is 0 Å². The van der Waals surface area contributed by atoms with Crippen LogP contribution in [0.2, 0.25) is 0 Å². The summed E-state index contributed by atoms with van der Waals surface area (Å²) in [7, 11) is 1.91. The molecule has 1 aliphatic rings. The summed E-state index contributed by atoms with van der Waals surface area (Å²) in [6.07, 6.45) is 4.60. The molecule has 0 bridgehead atoms. The smallest absolute Gasteiger partial charge is 0.225 e. The Morgan fingerprint density at radius 2 is 2.42 bits per heavy atom. The number of likely N-dealkylation sites (N-methyl/N-ethyl adjacent to an activating group) is 1. The maximum absolute atomic E-state index is 12.3. The lowest BCUT2D eigenvalue weighted by molar-refractivity contribution is -0.135. The Hall–Kier alpha value is -0.650. The highest BCUT2D eigenvalue weighted by molar-refractivity contribution is 7.09. The first kappa shape index (κ1) is 16.4. The fraction of sp³-hybridized carbons (Fsp3) is 0.692. The van der Waals surface area contributed by atoms with E-state index in [1.807, 2.05) is 23.5 Å². The van der Waals surface area contributed by atoms with Crippen molar-refractivity contribution in [1.82, 2.24) is 15.2 Å². The molecule has 1 saturated heterocycles. The highest BCUT2D eigenvalue weighted by Gasteiger charge is 2.26. The quantitative estimate of drug-likeness (QED) is 0.925. The highest BCUT2D eigenvalue weighted by Crippen LogP contribution is 2.18. The van der Waals surface area contributed by atoms with Gasteiger partial charge >= 0.3 is 0 Å². The first-order valence-electron chi connectivity index (χ1n) is 6.53. The molecule has 0 aromatic carbocycles. The second-order valence-electron chi connectivity index (χ2n) is 5.01. The zero-order valence-electron chi connectivity index (χ0n) is 11.5. The molecule has 2 heterocycles. The minimum absolute atomic E-state index is 0. The Balaban J connectivity index is 0.00000180. The van der Waals surface area contributed by atoms with E-state index in [1.165, 1.54) is 0 Å². The first-order valence-corrected chi connectivity index (χ1v) is 7.41. The molecular weight excluding hydrogens is 282 g/mol. The average molecular weight is 304 g/mol. The number of nitrogens with zero attached hydrogens (tertiary/aromatic N) is 2. The predicted octanol–water partition coefficient (Wildman–Crippen LogP) is 1.95. The fourth-order valence-electron chi connectivity index (χ4n) is 2.42. The summed E-state index contributed by atoms with van der Waals surface area (Å²) >= 11 is 1.65. The van der Waals surface area contributed by atoms with E-state index in [4.69, 9.17) is 0 Å². The Bertz CT molecular complexity index is 385. The van der Waals surface area contributed by atoms with Crippen molar-refractivity contribution in [2.24, 2.45) is 5.92 Å². The van der Waals surface area contributed by atoms with Gasteiger partial charge in [0.2, 0.25) is 5.91 Å². The molecule has 1 amide bonds. The third kappa shape index (κ3) is 4.75. The van der Waals surface area contributed by atoms with Gasteiger partial charge in [-0.05, 0) is 26.3 Å². The van der Waals surface area contributed by atoms with Gasteiger partial charge in [0.1, 0.15) is 0 Å². The molecule has 2 rings (SSSR count). The maximum atomic E-state index is 12.3. The van der Waals surface area contributed by atoms with Crippen LogP contribution in [0.4, 0.5) is 0 Å². The van der Waals surface area contributed by atoms with Crippen LogP contribution in [0.25, 0.3) is 0 Å². The van der Waals surface area contributed by atoms with Crippen molar-refractivity contribution < 1.29 is 4.79 Å². The standard InChI is InChI=1S/C13H21N3OS.ClH/c1-10-9-11(3-5-14-10)13(17)16(2)7-4-12-15-6-8-18-12;/h6,8,10-11,14H,3-5,7,9H2,1-2H3;1H/t10-,11-;/m0./s1. The zero-order chi connectivity index (χ0) is 13.0. The minimum atomic E-state index is 0. The molecular formula is C13H22ClN3OS. The molecule has 1 aliphatic heterocycles. The maximum Gasteiger partial charge on any atom is 0.225 e. The number of thiazole rings is 1. The molecule has 1 aromatic heterocycles. The summed E-state index contributed by atoms with van der Waals surface area (Å²) in [6, 6.07) is 0.458. The van der Waals surface area contributed by atoms with Crippen molar-refractivity contribution in [3.63, 3.8) is 0 Å². The topological polar surface area (TPSA) is 45.2 Å². The number of amides is 1. The molecule has 108 valence electrons. The van der Waals surface area contributed by atoms with Crippen LogP contribution in [0, 0.1) is 5.92 Å². The molecule has 0 saturated carbocycles. The number of aromatic nitrogens is 1. The molecule has 0 radical (unpaired) electrons. The van der Waals surface area contributed by atoms with E-state index in [0.717, 1.165) is 37.4 Å². The lowest BCUT2D eigenvalue weighted by Crippen LogP contribution is -2.43. The molecule has 0 unspecified atom stereocenters. The van der Waals surface area contributed by atoms with E-state index in [0.29, 0.717) is 11.9 Å². The fourth-order valence-corrected chi connectivity index (χ4v) is 3.03. The average Bonchev–Trinajstić information content (AvgIpc) is 2.88. The Kier molecular flexibility index (Phi) is 6.75. The van der Waals surface area contributed by atoms with E-state index in [2.05, 4.69) is 17.2 Å². The summed E-state index contributed by atoms with van der Waals surface area (Å²) < 4.78 is 0. The number of carbonyl (C=O) groups excluding carboxylic acids is 1. The second-order valence-corrected chi connectivity index (χ2v) is 5.99. The van der Waals surface area contributed by atoms with Crippen LogP contribution in [0.15, 0.2) is 11.6 Å². The van der Waals surface area contributed by atoms with Crippen LogP contribution in [-0.4, -0.2) is 42.0 Å². The molecule has 6 heteroatoms. The first-order chi connectivity index (χ1) is 8.66. The Labute approximate surface area is 125 Å². The van der Waals surface area contributed by atoms with Crippen molar-refractivity contribution in [3.05, 3.63) is 16.6 Å². The van der Waals surface area contributed by atoms with Crippen molar-refractivity contribution >= 4 is 29.7 Å². The molecule has 1 fully saturated rings. The number of hydrogen-bond donors (Lipinski definition) is 1. The lowest BCUT2D eigenvalue weighted by Gasteiger charge is -2.30. The molecule has 0 spiro atoms. The van der Waals surface area contributed by atoms with Crippen molar-refractivity contribution in [3.8, 4) is 0 Å². The predicted molar refractivity (Wildman–Crippen MR) is 80.9 cm³/mol. The van der Waals surface area contributed by atoms with E-state index in [-0.39, 0.29) is 18.3 Å². The van der Waals surface area contributed by atoms with Crippen LogP contribution in [0.5, 0.6) is 0 Å². The van der Waals surface area contributed by atoms with Gasteiger partial charge in [-0.3, -0.25) is 4.79 Å². The van der Waals surface area contributed by atoms with Crippen molar-refractivity contribution in [2.45, 2.75) is 32.2 Å². The van der Waals surface area contributed by atoms with E-state index >= 15 is 0 Å². The third-order valence-electron chi connectivity index (χ3n) is 3.49. The molecule has 19 heavy (non-hydrogen) atoms. The van der Waals surface area contributed by atoms with Gasteiger partial charge in [-0.2, -0.15) is 0 Å². The normalized spacial score (nSPS) is 22.6. The van der Waals surface area contributed by atoms with Gasteiger partial charge in [0, 0.05) is 43.5 Å². The van der Waals surface area contributed by atoms with Gasteiger partial charge in [-0.15, -0.1) is 23.7 Å². The molecule has 1 aromatic rings. The number of rotatable bonds is 4. The molecule has 4 nitrogen and oxygen atoms in total. The number of nitrogens with one attached hydrogen (secondary N) is 1. The lowest BCUT2D eigenvalue weighted by atomic mass is 9.92. The largest absolute Gasteiger partial charge is 0.345 e. The van der Waals surface area contributed by atoms with Crippen LogP contribution in [0.1, 0.15) is 24.8 Å². The van der Waals surface area contributed by atoms with Crippen molar-refractivity contribution in [2.75, 3.05) is 20.1 Å². The number of piperidine rings is 1. The van der Waals surface area contributed by atoms with Gasteiger partial charge in [-0.1, -0.05) is 0 Å². The summed E-state index contributed by atoms with van der Waals surface area (Å²) in [5.41, 5.74) is 0. The van der Waals surface area contributed by atoms with Crippen molar-refractivity contribution in [1.29, 1.82) is 0 Å². The highest BCUT2D eigenvalue weighted by atomic mass is 35.5. The summed E-state index contributed by atoms with van der Waals surface area (Å²) in [5, 5.41) is 6.46. The van der Waals surface area contributed by atoms with Gasteiger partial charge in [-0.25, -0.2) is 4.98 Å². The summed E-state index contributed by atoms with van der Waals surface area (Å²) in [6.45, 7) is 3.87. The van der Waals surface area contributed by atoms with E-state index < -0.39 is 0 Å². The third-order valence-corrected chi connectivity index (χ3v) is 4.33. The molecule has 0 aliphatic carbocycles. The SMILES string of the molecule is C[C@H]1C[C@@H](C(=O)N(C)CCc2nccs2)CCN1.Cl. The summed E-state index contributed by atoms with van der Waals surface area (Å²) in [4.78, 5) is 18.4. The monoisotopic (exact) mass is 303 g/mol. The van der Waals surface area contributed by atoms with Gasteiger partial charge in [0.15, 0.2) is 0 Å². The van der Waals surface area contributed by atoms with Crippen LogP contribution < -0.4 is 5.32 Å². The summed E-state index contributed by atoms with van der Waals surface area (Å²) in [5.74, 6) is 0.488. The zero-order valence-corrected chi connectivity index (χ0v) is 13.1. The Morgan fingerprint density at radius 3 is 3.05 bits per heavy atom. The van der Waals surface area contributed by atoms with E-state index in [9.17, 15) is 4.79 Å². The van der Waals surface area contributed by atoms with Crippen LogP contribution in [-0.2, 0) is 11.2 Å². The number of halogens is 1. The van der Waals surface area contributed by atoms with Crippen LogP contribution >= 0.6 is 23.7 Å². The van der Waals surface area contributed by atoms with Gasteiger partial charge < -0.3 is 10.2 Å². The van der Waals surface area contributed by atoms with Gasteiger partial charge in [0.05, 0.1) is 5.01 Å². The van der Waals surface area contributed by atoms with Gasteiger partial charge in [0.25, 0.3) is 0 Å². The molecule has 2 atom stereocenters. The second kappa shape index (κ2) is 7.82. The molecule has 1 N–H and O–H groups in total. The van der Waals surface area contributed by atoms with E-state index in [1.54, 1.807) is 11.3 Å². The minimum Gasteiger partial charge on any atom is -0.345 e. The number of hydrogen-bond acceptors (Lipinski definition) is 4. The Morgan fingerprint density at radius 1 is 1.63 bits per heavy atom. The number of carbonyl (C=O) groups is 1.